The van der Waals surface area contributed by atoms with E-state index in [-0.39, 0.29) is 29.7 Å². The van der Waals surface area contributed by atoms with Gasteiger partial charge in [0.15, 0.2) is 0 Å². The van der Waals surface area contributed by atoms with Gasteiger partial charge in [0.1, 0.15) is 5.82 Å². The Bertz CT molecular complexity index is 436. The molecular weight excluding hydrogens is 231 g/mol. The molecular formula is C14H19FN2O. The van der Waals surface area contributed by atoms with Crippen molar-refractivity contribution in [3.8, 4) is 0 Å². The van der Waals surface area contributed by atoms with Crippen LogP contribution in [-0.4, -0.2) is 11.9 Å². The van der Waals surface area contributed by atoms with E-state index in [0.29, 0.717) is 0 Å². The number of carbonyl (C=O) groups excluding carboxylic acids is 1. The molecule has 1 aromatic rings. The van der Waals surface area contributed by atoms with Gasteiger partial charge in [-0.3, -0.25) is 4.79 Å². The Morgan fingerprint density at radius 2 is 2.28 bits per heavy atom. The second-order valence-electron chi connectivity index (χ2n) is 4.99. The molecule has 0 radical (unpaired) electrons. The molecule has 98 valence electrons. The smallest absolute Gasteiger partial charge is 0.225 e. The van der Waals surface area contributed by atoms with Crippen molar-refractivity contribution in [2.45, 2.75) is 38.3 Å². The first-order valence-electron chi connectivity index (χ1n) is 6.39. The molecule has 2 unspecified atom stereocenters. The molecule has 18 heavy (non-hydrogen) atoms. The molecule has 0 saturated heterocycles. The van der Waals surface area contributed by atoms with Crippen LogP contribution in [0.15, 0.2) is 24.3 Å². The molecule has 3 atom stereocenters. The highest BCUT2D eigenvalue weighted by molar-refractivity contribution is 5.80. The molecule has 3 N–H and O–H groups in total. The van der Waals surface area contributed by atoms with Gasteiger partial charge in [0.2, 0.25) is 5.91 Å². The summed E-state index contributed by atoms with van der Waals surface area (Å²) in [5.74, 6) is -0.399. The van der Waals surface area contributed by atoms with E-state index in [1.54, 1.807) is 6.07 Å². The van der Waals surface area contributed by atoms with Crippen molar-refractivity contribution in [2.75, 3.05) is 0 Å². The fraction of sp³-hybridized carbons (Fsp3) is 0.500. The summed E-state index contributed by atoms with van der Waals surface area (Å²) in [4.78, 5) is 12.0. The number of carbonyl (C=O) groups is 1. The van der Waals surface area contributed by atoms with Gasteiger partial charge in [0, 0.05) is 6.04 Å². The molecule has 1 aliphatic carbocycles. The topological polar surface area (TPSA) is 55.1 Å². The summed E-state index contributed by atoms with van der Waals surface area (Å²) in [6.45, 7) is 1.85. The Hall–Kier alpha value is -1.42. The number of nitrogens with two attached hydrogens (primary N) is 1. The lowest BCUT2D eigenvalue weighted by atomic mass is 10.0. The molecule has 1 fully saturated rings. The molecule has 2 rings (SSSR count). The second-order valence-corrected chi connectivity index (χ2v) is 4.99. The van der Waals surface area contributed by atoms with Crippen molar-refractivity contribution >= 4 is 5.91 Å². The molecule has 1 aliphatic rings. The first-order valence-corrected chi connectivity index (χ1v) is 6.39. The maximum atomic E-state index is 13.1. The summed E-state index contributed by atoms with van der Waals surface area (Å²) in [5.41, 5.74) is 6.67. The zero-order chi connectivity index (χ0) is 13.1. The number of amides is 1. The molecule has 1 saturated carbocycles. The SMILES string of the molecule is C[C@H](NC(=O)C1CCCC1N)c1cccc(F)c1. The normalized spacial score (nSPS) is 24.8. The van der Waals surface area contributed by atoms with E-state index in [2.05, 4.69) is 5.32 Å². The van der Waals surface area contributed by atoms with Gasteiger partial charge in [-0.05, 0) is 37.5 Å². The van der Waals surface area contributed by atoms with Gasteiger partial charge in [-0.15, -0.1) is 0 Å². The van der Waals surface area contributed by atoms with Crippen molar-refractivity contribution < 1.29 is 9.18 Å². The number of hydrogen-bond donors (Lipinski definition) is 2. The van der Waals surface area contributed by atoms with Crippen molar-refractivity contribution in [2.24, 2.45) is 11.7 Å². The predicted molar refractivity (Wildman–Crippen MR) is 68.3 cm³/mol. The minimum absolute atomic E-state index is 0.0169. The number of hydrogen-bond acceptors (Lipinski definition) is 2. The third-order valence-electron chi connectivity index (χ3n) is 3.61. The Labute approximate surface area is 107 Å². The van der Waals surface area contributed by atoms with Crippen LogP contribution in [0.3, 0.4) is 0 Å². The van der Waals surface area contributed by atoms with E-state index in [1.165, 1.54) is 12.1 Å². The summed E-state index contributed by atoms with van der Waals surface area (Å²) in [5, 5.41) is 2.91. The maximum Gasteiger partial charge on any atom is 0.225 e. The van der Waals surface area contributed by atoms with Gasteiger partial charge in [0.05, 0.1) is 12.0 Å². The minimum Gasteiger partial charge on any atom is -0.349 e. The average molecular weight is 250 g/mol. The summed E-state index contributed by atoms with van der Waals surface area (Å²) in [7, 11) is 0. The first kappa shape index (κ1) is 13.0. The monoisotopic (exact) mass is 250 g/mol. The van der Waals surface area contributed by atoms with Crippen LogP contribution < -0.4 is 11.1 Å². The Morgan fingerprint density at radius 3 is 2.89 bits per heavy atom. The van der Waals surface area contributed by atoms with Crippen molar-refractivity contribution in [3.05, 3.63) is 35.6 Å². The van der Waals surface area contributed by atoms with Gasteiger partial charge in [-0.2, -0.15) is 0 Å². The van der Waals surface area contributed by atoms with E-state index >= 15 is 0 Å². The van der Waals surface area contributed by atoms with Crippen molar-refractivity contribution in [1.82, 2.24) is 5.32 Å². The van der Waals surface area contributed by atoms with Crippen LogP contribution in [0, 0.1) is 11.7 Å². The minimum atomic E-state index is -0.286. The second kappa shape index (κ2) is 5.48. The Morgan fingerprint density at radius 1 is 1.50 bits per heavy atom. The zero-order valence-corrected chi connectivity index (χ0v) is 10.5. The average Bonchev–Trinajstić information content (AvgIpc) is 2.75. The van der Waals surface area contributed by atoms with E-state index in [4.69, 9.17) is 5.73 Å². The van der Waals surface area contributed by atoms with E-state index in [0.717, 1.165) is 24.8 Å². The number of benzene rings is 1. The van der Waals surface area contributed by atoms with Crippen LogP contribution in [0.25, 0.3) is 0 Å². The first-order chi connectivity index (χ1) is 8.58. The Kier molecular flexibility index (Phi) is 3.97. The number of rotatable bonds is 3. The molecule has 4 heteroatoms. The van der Waals surface area contributed by atoms with Crippen LogP contribution in [-0.2, 0) is 4.79 Å². The highest BCUT2D eigenvalue weighted by Crippen LogP contribution is 2.25. The van der Waals surface area contributed by atoms with Gasteiger partial charge in [-0.25, -0.2) is 4.39 Å². The van der Waals surface area contributed by atoms with Gasteiger partial charge >= 0.3 is 0 Å². The molecule has 0 heterocycles. The van der Waals surface area contributed by atoms with Gasteiger partial charge in [0.25, 0.3) is 0 Å². The van der Waals surface area contributed by atoms with Crippen molar-refractivity contribution in [3.63, 3.8) is 0 Å². The molecule has 0 spiro atoms. The molecule has 1 amide bonds. The van der Waals surface area contributed by atoms with E-state index < -0.39 is 0 Å². The van der Waals surface area contributed by atoms with Crippen LogP contribution in [0.4, 0.5) is 4.39 Å². The third-order valence-corrected chi connectivity index (χ3v) is 3.61. The zero-order valence-electron chi connectivity index (χ0n) is 10.5. The third kappa shape index (κ3) is 2.88. The standard InChI is InChI=1S/C14H19FN2O/c1-9(10-4-2-5-11(15)8-10)17-14(18)12-6-3-7-13(12)16/h2,4-5,8-9,12-13H,3,6-7,16H2,1H3,(H,17,18)/t9-,12?,13?/m0/s1. The van der Waals surface area contributed by atoms with E-state index in [1.807, 2.05) is 13.0 Å². The highest BCUT2D eigenvalue weighted by Gasteiger charge is 2.30. The molecule has 3 nitrogen and oxygen atoms in total. The lowest BCUT2D eigenvalue weighted by molar-refractivity contribution is -0.125. The van der Waals surface area contributed by atoms with Gasteiger partial charge < -0.3 is 11.1 Å². The summed E-state index contributed by atoms with van der Waals surface area (Å²) >= 11 is 0. The molecule has 0 aromatic heterocycles. The number of halogens is 1. The summed E-state index contributed by atoms with van der Waals surface area (Å²) in [6.07, 6.45) is 2.77. The lowest BCUT2D eigenvalue weighted by Crippen LogP contribution is -2.39. The predicted octanol–water partition coefficient (Wildman–Crippen LogP) is 2.13. The molecule has 0 bridgehead atoms. The number of nitrogens with one attached hydrogen (secondary N) is 1. The highest BCUT2D eigenvalue weighted by atomic mass is 19.1. The van der Waals surface area contributed by atoms with Crippen molar-refractivity contribution in [1.29, 1.82) is 0 Å². The van der Waals surface area contributed by atoms with E-state index in [9.17, 15) is 9.18 Å². The van der Waals surface area contributed by atoms with Crippen LogP contribution >= 0.6 is 0 Å². The van der Waals surface area contributed by atoms with Crippen LogP contribution in [0.1, 0.15) is 37.8 Å². The summed E-state index contributed by atoms with van der Waals surface area (Å²) in [6, 6.07) is 6.06. The molecule has 0 aliphatic heterocycles. The summed E-state index contributed by atoms with van der Waals surface area (Å²) < 4.78 is 13.1. The largest absolute Gasteiger partial charge is 0.349 e. The van der Waals surface area contributed by atoms with Crippen LogP contribution in [0.2, 0.25) is 0 Å². The molecule has 1 aromatic carbocycles. The Balaban J connectivity index is 1.98. The van der Waals surface area contributed by atoms with Crippen LogP contribution in [0.5, 0.6) is 0 Å². The fourth-order valence-electron chi connectivity index (χ4n) is 2.49. The fourth-order valence-corrected chi connectivity index (χ4v) is 2.49. The lowest BCUT2D eigenvalue weighted by Gasteiger charge is -2.19. The quantitative estimate of drug-likeness (QED) is 0.863. The van der Waals surface area contributed by atoms with Gasteiger partial charge in [-0.1, -0.05) is 18.6 Å². The maximum absolute atomic E-state index is 13.1.